The Morgan fingerprint density at radius 3 is 2.74 bits per heavy atom. The van der Waals surface area contributed by atoms with Crippen LogP contribution in [0.1, 0.15) is 13.3 Å². The monoisotopic (exact) mass is 267 g/mol. The zero-order chi connectivity index (χ0) is 14.3. The third-order valence-corrected chi connectivity index (χ3v) is 2.36. The lowest BCUT2D eigenvalue weighted by atomic mass is 10.2. The van der Waals surface area contributed by atoms with Gasteiger partial charge >= 0.3 is 0 Å². The van der Waals surface area contributed by atoms with E-state index in [1.54, 1.807) is 6.07 Å². The van der Waals surface area contributed by atoms with Crippen LogP contribution in [0.2, 0.25) is 0 Å². The van der Waals surface area contributed by atoms with Crippen molar-refractivity contribution < 1.29 is 14.5 Å². The van der Waals surface area contributed by atoms with E-state index in [9.17, 15) is 14.9 Å². The molecule has 0 fully saturated rings. The highest BCUT2D eigenvalue weighted by molar-refractivity contribution is 5.80. The lowest BCUT2D eigenvalue weighted by Gasteiger charge is -2.08. The first-order chi connectivity index (χ1) is 9.06. The average molecular weight is 267 g/mol. The standard InChI is InChI=1S/C12H17N3O4/c1-3-4-13-12(16)8-14-9-5-10(15(17)18)7-11(6-9)19-2/h5-7,14H,3-4,8H2,1-2H3,(H,13,16). The summed E-state index contributed by atoms with van der Waals surface area (Å²) >= 11 is 0. The number of nitrogens with one attached hydrogen (secondary N) is 2. The molecule has 104 valence electrons. The molecule has 0 aromatic heterocycles. The lowest BCUT2D eigenvalue weighted by molar-refractivity contribution is -0.384. The molecular formula is C12H17N3O4. The van der Waals surface area contributed by atoms with Crippen molar-refractivity contribution in [1.29, 1.82) is 0 Å². The fraction of sp³-hybridized carbons (Fsp3) is 0.417. The maximum Gasteiger partial charge on any atom is 0.275 e. The molecule has 0 aliphatic rings. The van der Waals surface area contributed by atoms with Crippen LogP contribution in [0.3, 0.4) is 0 Å². The molecule has 0 unspecified atom stereocenters. The van der Waals surface area contributed by atoms with Gasteiger partial charge in [0.1, 0.15) is 5.75 Å². The quantitative estimate of drug-likeness (QED) is 0.577. The molecule has 0 heterocycles. The number of ether oxygens (including phenoxy) is 1. The largest absolute Gasteiger partial charge is 0.496 e. The predicted molar refractivity (Wildman–Crippen MR) is 71.4 cm³/mol. The van der Waals surface area contributed by atoms with Crippen LogP contribution >= 0.6 is 0 Å². The predicted octanol–water partition coefficient (Wildman–Crippen LogP) is 1.54. The summed E-state index contributed by atoms with van der Waals surface area (Å²) in [5.41, 5.74) is 0.383. The van der Waals surface area contributed by atoms with E-state index < -0.39 is 4.92 Å². The molecule has 0 saturated heterocycles. The van der Waals surface area contributed by atoms with Crippen LogP contribution in [0.4, 0.5) is 11.4 Å². The van der Waals surface area contributed by atoms with Crippen molar-refractivity contribution in [3.05, 3.63) is 28.3 Å². The molecular weight excluding hydrogens is 250 g/mol. The summed E-state index contributed by atoms with van der Waals surface area (Å²) < 4.78 is 4.97. The van der Waals surface area contributed by atoms with Crippen molar-refractivity contribution in [3.63, 3.8) is 0 Å². The molecule has 0 atom stereocenters. The maximum absolute atomic E-state index is 11.4. The van der Waals surface area contributed by atoms with E-state index in [0.717, 1.165) is 6.42 Å². The number of nitro groups is 1. The minimum Gasteiger partial charge on any atom is -0.496 e. The third-order valence-electron chi connectivity index (χ3n) is 2.36. The van der Waals surface area contributed by atoms with Crippen LogP contribution in [0, 0.1) is 10.1 Å². The zero-order valence-corrected chi connectivity index (χ0v) is 10.9. The maximum atomic E-state index is 11.4. The van der Waals surface area contributed by atoms with Crippen LogP contribution in [0.5, 0.6) is 5.75 Å². The molecule has 1 rings (SSSR count). The van der Waals surface area contributed by atoms with E-state index in [-0.39, 0.29) is 18.1 Å². The highest BCUT2D eigenvalue weighted by Gasteiger charge is 2.10. The molecule has 19 heavy (non-hydrogen) atoms. The average Bonchev–Trinajstić information content (AvgIpc) is 2.42. The topological polar surface area (TPSA) is 93.5 Å². The molecule has 1 amide bonds. The number of benzene rings is 1. The second-order valence-electron chi connectivity index (χ2n) is 3.88. The van der Waals surface area contributed by atoms with Gasteiger partial charge in [-0.2, -0.15) is 0 Å². The second-order valence-corrected chi connectivity index (χ2v) is 3.88. The van der Waals surface area contributed by atoms with Crippen molar-refractivity contribution in [3.8, 4) is 5.75 Å². The van der Waals surface area contributed by atoms with Crippen LogP contribution in [0.15, 0.2) is 18.2 Å². The van der Waals surface area contributed by atoms with Crippen LogP contribution in [-0.4, -0.2) is 31.0 Å². The van der Waals surface area contributed by atoms with Crippen molar-refractivity contribution in [1.82, 2.24) is 5.32 Å². The molecule has 7 nitrogen and oxygen atoms in total. The van der Waals surface area contributed by atoms with Crippen molar-refractivity contribution in [2.45, 2.75) is 13.3 Å². The molecule has 0 aliphatic carbocycles. The van der Waals surface area contributed by atoms with Gasteiger partial charge < -0.3 is 15.4 Å². The summed E-state index contributed by atoms with van der Waals surface area (Å²) in [7, 11) is 1.43. The Morgan fingerprint density at radius 1 is 1.42 bits per heavy atom. The highest BCUT2D eigenvalue weighted by atomic mass is 16.6. The normalized spacial score (nSPS) is 9.79. The number of hydrogen-bond donors (Lipinski definition) is 2. The number of nitro benzene ring substituents is 1. The number of rotatable bonds is 7. The molecule has 0 radical (unpaired) electrons. The lowest BCUT2D eigenvalue weighted by Crippen LogP contribution is -2.30. The summed E-state index contributed by atoms with van der Waals surface area (Å²) in [6.07, 6.45) is 0.858. The minimum absolute atomic E-state index is 0.0598. The number of non-ortho nitro benzene ring substituents is 1. The Balaban J connectivity index is 2.69. The molecule has 0 spiro atoms. The molecule has 1 aromatic carbocycles. The van der Waals surface area contributed by atoms with Gasteiger partial charge in [0.15, 0.2) is 0 Å². The van der Waals surface area contributed by atoms with Gasteiger partial charge in [-0.3, -0.25) is 14.9 Å². The summed E-state index contributed by atoms with van der Waals surface area (Å²) in [5.74, 6) is 0.206. The van der Waals surface area contributed by atoms with Gasteiger partial charge in [0.2, 0.25) is 5.91 Å². The van der Waals surface area contributed by atoms with Gasteiger partial charge in [0, 0.05) is 24.4 Å². The number of nitrogens with zero attached hydrogens (tertiary/aromatic N) is 1. The second kappa shape index (κ2) is 7.20. The van der Waals surface area contributed by atoms with E-state index in [0.29, 0.717) is 18.0 Å². The molecule has 1 aromatic rings. The summed E-state index contributed by atoms with van der Waals surface area (Å²) in [5, 5.41) is 16.3. The van der Waals surface area contributed by atoms with Crippen LogP contribution in [0.25, 0.3) is 0 Å². The Labute approximate surface area is 111 Å². The van der Waals surface area contributed by atoms with E-state index in [1.807, 2.05) is 6.92 Å². The summed E-state index contributed by atoms with van der Waals surface area (Å²) in [4.78, 5) is 21.6. The molecule has 2 N–H and O–H groups in total. The highest BCUT2D eigenvalue weighted by Crippen LogP contribution is 2.25. The fourth-order valence-corrected chi connectivity index (χ4v) is 1.42. The van der Waals surface area contributed by atoms with E-state index >= 15 is 0 Å². The Bertz CT molecular complexity index is 462. The number of carbonyl (C=O) groups is 1. The molecule has 0 aliphatic heterocycles. The minimum atomic E-state index is -0.509. The first-order valence-electron chi connectivity index (χ1n) is 5.91. The number of amides is 1. The Kier molecular flexibility index (Phi) is 5.59. The summed E-state index contributed by atoms with van der Waals surface area (Å²) in [6.45, 7) is 2.63. The smallest absolute Gasteiger partial charge is 0.275 e. The van der Waals surface area contributed by atoms with E-state index in [2.05, 4.69) is 10.6 Å². The van der Waals surface area contributed by atoms with Crippen molar-refractivity contribution >= 4 is 17.3 Å². The zero-order valence-electron chi connectivity index (χ0n) is 10.9. The Hall–Kier alpha value is -2.31. The first-order valence-corrected chi connectivity index (χ1v) is 5.91. The molecule has 0 saturated carbocycles. The number of carbonyl (C=O) groups excluding carboxylic acids is 1. The SMILES string of the molecule is CCCNC(=O)CNc1cc(OC)cc([N+](=O)[O-])c1. The van der Waals surface area contributed by atoms with Gasteiger partial charge in [0.05, 0.1) is 24.6 Å². The van der Waals surface area contributed by atoms with Crippen molar-refractivity contribution in [2.75, 3.05) is 25.5 Å². The number of anilines is 1. The summed E-state index contributed by atoms with van der Waals surface area (Å²) in [6, 6.07) is 4.28. The Morgan fingerprint density at radius 2 is 2.16 bits per heavy atom. The van der Waals surface area contributed by atoms with E-state index in [1.165, 1.54) is 19.2 Å². The first kappa shape index (κ1) is 14.7. The molecule has 7 heteroatoms. The fourth-order valence-electron chi connectivity index (χ4n) is 1.42. The van der Waals surface area contributed by atoms with Crippen LogP contribution < -0.4 is 15.4 Å². The van der Waals surface area contributed by atoms with Gasteiger partial charge in [0.25, 0.3) is 5.69 Å². The van der Waals surface area contributed by atoms with Crippen LogP contribution in [-0.2, 0) is 4.79 Å². The third kappa shape index (κ3) is 4.82. The number of hydrogen-bond acceptors (Lipinski definition) is 5. The number of methoxy groups -OCH3 is 1. The molecule has 0 bridgehead atoms. The van der Waals surface area contributed by atoms with Gasteiger partial charge in [-0.05, 0) is 6.42 Å². The van der Waals surface area contributed by atoms with E-state index in [4.69, 9.17) is 4.74 Å². The van der Waals surface area contributed by atoms with Gasteiger partial charge in [-0.25, -0.2) is 0 Å². The van der Waals surface area contributed by atoms with Gasteiger partial charge in [-0.1, -0.05) is 6.92 Å². The van der Waals surface area contributed by atoms with Crippen molar-refractivity contribution in [2.24, 2.45) is 0 Å². The van der Waals surface area contributed by atoms with Gasteiger partial charge in [-0.15, -0.1) is 0 Å².